The molecule has 6 heteroatoms. The Labute approximate surface area is 125 Å². The van der Waals surface area contributed by atoms with Crippen molar-refractivity contribution in [1.82, 2.24) is 14.7 Å². The summed E-state index contributed by atoms with van der Waals surface area (Å²) in [6.07, 6.45) is 2.05. The van der Waals surface area contributed by atoms with E-state index in [2.05, 4.69) is 29.2 Å². The number of nitrogens with zero attached hydrogens (tertiary/aromatic N) is 3. The predicted octanol–water partition coefficient (Wildman–Crippen LogP) is 0.711. The molecule has 1 saturated heterocycles. The Morgan fingerprint density at radius 2 is 2.38 bits per heavy atom. The highest BCUT2D eigenvalue weighted by atomic mass is 16.5. The van der Waals surface area contributed by atoms with Crippen molar-refractivity contribution in [2.45, 2.75) is 45.4 Å². The fourth-order valence-corrected chi connectivity index (χ4v) is 2.99. The van der Waals surface area contributed by atoms with Gasteiger partial charge in [-0.05, 0) is 26.7 Å². The van der Waals surface area contributed by atoms with Crippen LogP contribution >= 0.6 is 0 Å². The summed E-state index contributed by atoms with van der Waals surface area (Å²) >= 11 is 0. The highest BCUT2D eigenvalue weighted by Crippen LogP contribution is 2.17. The van der Waals surface area contributed by atoms with E-state index in [9.17, 15) is 4.79 Å². The molecular formula is C15H24N4O2. The summed E-state index contributed by atoms with van der Waals surface area (Å²) in [6, 6.07) is 2.18. The lowest BCUT2D eigenvalue weighted by Crippen LogP contribution is -2.48. The van der Waals surface area contributed by atoms with Crippen molar-refractivity contribution < 1.29 is 4.74 Å². The van der Waals surface area contributed by atoms with Crippen LogP contribution in [0.2, 0.25) is 0 Å². The second-order valence-electron chi connectivity index (χ2n) is 6.14. The zero-order chi connectivity index (χ0) is 14.8. The van der Waals surface area contributed by atoms with Gasteiger partial charge in [-0.1, -0.05) is 0 Å². The summed E-state index contributed by atoms with van der Waals surface area (Å²) in [4.78, 5) is 14.6. The number of ether oxygens (including phenoxy) is 1. The second kappa shape index (κ2) is 6.15. The van der Waals surface area contributed by atoms with Gasteiger partial charge in [-0.2, -0.15) is 5.10 Å². The summed E-state index contributed by atoms with van der Waals surface area (Å²) in [6.45, 7) is 8.40. The average molecular weight is 292 g/mol. The molecule has 0 spiro atoms. The summed E-state index contributed by atoms with van der Waals surface area (Å²) in [5.41, 5.74) is 1.85. The van der Waals surface area contributed by atoms with Gasteiger partial charge in [-0.15, -0.1) is 0 Å². The van der Waals surface area contributed by atoms with Crippen LogP contribution in [0.5, 0.6) is 0 Å². The van der Waals surface area contributed by atoms with E-state index in [0.717, 1.165) is 50.5 Å². The molecule has 21 heavy (non-hydrogen) atoms. The maximum atomic E-state index is 12.2. The van der Waals surface area contributed by atoms with E-state index in [1.807, 2.05) is 0 Å². The molecule has 1 fully saturated rings. The Morgan fingerprint density at radius 1 is 1.52 bits per heavy atom. The summed E-state index contributed by atoms with van der Waals surface area (Å²) < 4.78 is 7.37. The Bertz CT molecular complexity index is 555. The van der Waals surface area contributed by atoms with Crippen molar-refractivity contribution in [3.05, 3.63) is 22.1 Å². The van der Waals surface area contributed by atoms with Crippen LogP contribution < -0.4 is 10.9 Å². The van der Waals surface area contributed by atoms with Crippen molar-refractivity contribution in [1.29, 1.82) is 0 Å². The molecule has 0 saturated carbocycles. The van der Waals surface area contributed by atoms with Crippen LogP contribution in [-0.4, -0.2) is 53.1 Å². The van der Waals surface area contributed by atoms with Crippen LogP contribution in [-0.2, 0) is 17.7 Å². The maximum absolute atomic E-state index is 12.2. The third kappa shape index (κ3) is 3.27. The van der Waals surface area contributed by atoms with Crippen LogP contribution in [0.25, 0.3) is 0 Å². The van der Waals surface area contributed by atoms with Gasteiger partial charge in [0.2, 0.25) is 0 Å². The zero-order valence-electron chi connectivity index (χ0n) is 12.8. The average Bonchev–Trinajstić information content (AvgIpc) is 2.48. The molecule has 1 aromatic heterocycles. The monoisotopic (exact) mass is 292 g/mol. The van der Waals surface area contributed by atoms with Gasteiger partial charge in [0.1, 0.15) is 0 Å². The fraction of sp³-hybridized carbons (Fsp3) is 0.733. The fourth-order valence-electron chi connectivity index (χ4n) is 2.99. The van der Waals surface area contributed by atoms with E-state index < -0.39 is 0 Å². The maximum Gasteiger partial charge on any atom is 0.268 e. The zero-order valence-corrected chi connectivity index (χ0v) is 12.8. The van der Waals surface area contributed by atoms with Crippen LogP contribution in [0.15, 0.2) is 10.9 Å². The van der Waals surface area contributed by atoms with Gasteiger partial charge in [0.25, 0.3) is 5.56 Å². The highest BCUT2D eigenvalue weighted by molar-refractivity contribution is 5.48. The normalized spacial score (nSPS) is 22.9. The van der Waals surface area contributed by atoms with Crippen molar-refractivity contribution in [3.8, 4) is 0 Å². The Hall–Kier alpha value is -1.40. The SMILES string of the molecule is CC(C)N1CCOC(Cn2nc3c(cc2=O)NCCC3)C1. The number of anilines is 1. The second-order valence-corrected chi connectivity index (χ2v) is 6.14. The number of morpholine rings is 1. The molecule has 0 aliphatic carbocycles. The Balaban J connectivity index is 1.74. The summed E-state index contributed by atoms with van der Waals surface area (Å²) in [5.74, 6) is 0. The summed E-state index contributed by atoms with van der Waals surface area (Å²) in [7, 11) is 0. The largest absolute Gasteiger partial charge is 0.383 e. The van der Waals surface area contributed by atoms with Crippen molar-refractivity contribution >= 4 is 5.69 Å². The first kappa shape index (κ1) is 14.5. The standard InChI is InChI=1S/C15H24N4O2/c1-11(2)18-6-7-21-12(9-18)10-19-15(20)8-14-13(17-19)4-3-5-16-14/h8,11-12,16H,3-7,9-10H2,1-2H3. The van der Waals surface area contributed by atoms with E-state index in [-0.39, 0.29) is 11.7 Å². The summed E-state index contributed by atoms with van der Waals surface area (Å²) in [5, 5.41) is 7.76. The van der Waals surface area contributed by atoms with Crippen LogP contribution in [0.1, 0.15) is 26.0 Å². The molecule has 1 N–H and O–H groups in total. The van der Waals surface area contributed by atoms with Crippen LogP contribution in [0.4, 0.5) is 5.69 Å². The number of hydrogen-bond acceptors (Lipinski definition) is 5. The number of hydrogen-bond donors (Lipinski definition) is 1. The number of nitrogens with one attached hydrogen (secondary N) is 1. The van der Waals surface area contributed by atoms with Crippen LogP contribution in [0, 0.1) is 0 Å². The van der Waals surface area contributed by atoms with E-state index in [1.54, 1.807) is 10.7 Å². The molecule has 3 rings (SSSR count). The number of rotatable bonds is 3. The lowest BCUT2D eigenvalue weighted by atomic mass is 10.1. The third-order valence-electron chi connectivity index (χ3n) is 4.26. The molecule has 1 unspecified atom stereocenters. The smallest absolute Gasteiger partial charge is 0.268 e. The Morgan fingerprint density at radius 3 is 3.19 bits per heavy atom. The molecule has 116 valence electrons. The molecule has 0 aromatic carbocycles. The minimum absolute atomic E-state index is 0.0425. The minimum atomic E-state index is -0.0478. The Kier molecular flexibility index (Phi) is 4.26. The topological polar surface area (TPSA) is 59.4 Å². The van der Waals surface area contributed by atoms with Gasteiger partial charge >= 0.3 is 0 Å². The van der Waals surface area contributed by atoms with Gasteiger partial charge in [0.15, 0.2) is 0 Å². The number of fused-ring (bicyclic) bond motifs is 1. The highest BCUT2D eigenvalue weighted by Gasteiger charge is 2.23. The first-order valence-corrected chi connectivity index (χ1v) is 7.84. The molecule has 1 atom stereocenters. The lowest BCUT2D eigenvalue weighted by molar-refractivity contribution is -0.0475. The number of aromatic nitrogens is 2. The molecule has 1 aromatic rings. The molecular weight excluding hydrogens is 268 g/mol. The first-order valence-electron chi connectivity index (χ1n) is 7.84. The molecule has 0 amide bonds. The van der Waals surface area contributed by atoms with Crippen LogP contribution in [0.3, 0.4) is 0 Å². The van der Waals surface area contributed by atoms with E-state index in [1.165, 1.54) is 0 Å². The van der Waals surface area contributed by atoms with Crippen molar-refractivity contribution in [2.24, 2.45) is 0 Å². The van der Waals surface area contributed by atoms with Crippen molar-refractivity contribution in [3.63, 3.8) is 0 Å². The van der Waals surface area contributed by atoms with Gasteiger partial charge < -0.3 is 10.1 Å². The molecule has 3 heterocycles. The minimum Gasteiger partial charge on any atom is -0.383 e. The van der Waals surface area contributed by atoms with Crippen molar-refractivity contribution in [2.75, 3.05) is 31.6 Å². The lowest BCUT2D eigenvalue weighted by Gasteiger charge is -2.35. The molecule has 2 aliphatic heterocycles. The molecule has 2 aliphatic rings. The molecule has 0 radical (unpaired) electrons. The predicted molar refractivity (Wildman–Crippen MR) is 81.8 cm³/mol. The first-order chi connectivity index (χ1) is 10.1. The number of aryl methyl sites for hydroxylation is 1. The van der Waals surface area contributed by atoms with Gasteiger partial charge in [0, 0.05) is 31.7 Å². The molecule has 0 bridgehead atoms. The van der Waals surface area contributed by atoms with E-state index >= 15 is 0 Å². The van der Waals surface area contributed by atoms with Gasteiger partial charge in [0.05, 0.1) is 30.6 Å². The van der Waals surface area contributed by atoms with E-state index in [0.29, 0.717) is 12.6 Å². The quantitative estimate of drug-likeness (QED) is 0.889. The third-order valence-corrected chi connectivity index (χ3v) is 4.26. The van der Waals surface area contributed by atoms with Gasteiger partial charge in [-0.25, -0.2) is 4.68 Å². The molecule has 6 nitrogen and oxygen atoms in total. The van der Waals surface area contributed by atoms with Gasteiger partial charge in [-0.3, -0.25) is 9.69 Å². The van der Waals surface area contributed by atoms with E-state index in [4.69, 9.17) is 4.74 Å².